The number of epoxide rings is 1. The Labute approximate surface area is 405 Å². The monoisotopic (exact) mass is 950 g/mol. The van der Waals surface area contributed by atoms with Gasteiger partial charge >= 0.3 is 5.97 Å². The van der Waals surface area contributed by atoms with E-state index in [2.05, 4.69) is 21.3 Å². The summed E-state index contributed by atoms with van der Waals surface area (Å²) in [5, 5.41) is 32.6. The molecule has 7 rings (SSSR count). The van der Waals surface area contributed by atoms with Crippen LogP contribution in [-0.2, 0) is 36.8 Å². The molecule has 4 amide bonds. The normalized spacial score (nSPS) is 16.0. The summed E-state index contributed by atoms with van der Waals surface area (Å²) >= 11 is 0. The van der Waals surface area contributed by atoms with Crippen LogP contribution >= 0.6 is 0 Å². The second kappa shape index (κ2) is 21.8. The molecule has 15 nitrogen and oxygen atoms in total. The number of amides is 4. The Hall–Kier alpha value is -7.65. The number of hydrogen-bond acceptors (Lipinski definition) is 10. The summed E-state index contributed by atoms with van der Waals surface area (Å²) < 4.78 is 11.4. The minimum Gasteiger partial charge on any atom is -0.508 e. The number of carbonyl (C=O) groups is 6. The first kappa shape index (κ1) is 50.2. The summed E-state index contributed by atoms with van der Waals surface area (Å²) in [6.45, 7) is 9.58. The lowest BCUT2D eigenvalue weighted by Gasteiger charge is -2.28. The van der Waals surface area contributed by atoms with Crippen LogP contribution < -0.4 is 26.7 Å². The quantitative estimate of drug-likeness (QED) is 0.0323. The molecule has 4 aromatic carbocycles. The number of carboxylic acid groups (broad SMARTS) is 1. The Bertz CT molecular complexity index is 2930. The van der Waals surface area contributed by atoms with Gasteiger partial charge < -0.3 is 40.6 Å². The van der Waals surface area contributed by atoms with Crippen LogP contribution in [0.25, 0.3) is 33.4 Å². The number of carboxylic acids is 1. The third-order valence-electron chi connectivity index (χ3n) is 12.3. The fourth-order valence-corrected chi connectivity index (χ4v) is 8.60. The van der Waals surface area contributed by atoms with Crippen molar-refractivity contribution in [1.29, 1.82) is 0 Å². The second-order valence-corrected chi connectivity index (χ2v) is 18.9. The number of ether oxygens (including phenoxy) is 1. The van der Waals surface area contributed by atoms with Crippen molar-refractivity contribution in [2.24, 2.45) is 11.8 Å². The summed E-state index contributed by atoms with van der Waals surface area (Å²) in [6.07, 6.45) is 1.05. The summed E-state index contributed by atoms with van der Waals surface area (Å²) in [6, 6.07) is 26.4. The molecule has 2 aliphatic heterocycles. The smallest absolute Gasteiger partial charge is 0.336 e. The Morgan fingerprint density at radius 2 is 1.26 bits per heavy atom. The SMILES string of the molecule is CC(C)C[C@H](NC(=O)[C@H](CCc1ccccc1)NC(=O)c1ccc(C(=O)O)c(-c2c3ccc(=O)cc-3oc3cc(O)ccc23)c1)C(=O)N[C@@H](Cc1ccccc1)C(=O)N[C@@H](CC(C)C)C(=O)[C@@]1(C)CO1. The summed E-state index contributed by atoms with van der Waals surface area (Å²) in [5.41, 5.74) is 1.08. The molecular formula is C55H58N4O11. The van der Waals surface area contributed by atoms with Crippen LogP contribution in [0.4, 0.5) is 0 Å². The molecule has 0 bridgehead atoms. The van der Waals surface area contributed by atoms with Crippen LogP contribution in [0.1, 0.15) is 85.7 Å². The first-order valence-corrected chi connectivity index (χ1v) is 23.4. The fourth-order valence-electron chi connectivity index (χ4n) is 8.60. The van der Waals surface area contributed by atoms with E-state index in [1.165, 1.54) is 48.5 Å². The van der Waals surface area contributed by atoms with Crippen molar-refractivity contribution < 1.29 is 48.1 Å². The number of rotatable bonds is 21. The largest absolute Gasteiger partial charge is 0.508 e. The molecule has 0 saturated carbocycles. The van der Waals surface area contributed by atoms with E-state index in [1.807, 2.05) is 88.4 Å². The van der Waals surface area contributed by atoms with Crippen LogP contribution in [0.2, 0.25) is 0 Å². The van der Waals surface area contributed by atoms with Crippen molar-refractivity contribution in [2.45, 2.75) is 96.5 Å². The van der Waals surface area contributed by atoms with E-state index < -0.39 is 59.4 Å². The highest BCUT2D eigenvalue weighted by Gasteiger charge is 2.50. The Morgan fingerprint density at radius 1 is 0.657 bits per heavy atom. The van der Waals surface area contributed by atoms with E-state index in [4.69, 9.17) is 9.15 Å². The average molecular weight is 951 g/mol. The maximum Gasteiger partial charge on any atom is 0.336 e. The van der Waals surface area contributed by atoms with Gasteiger partial charge in [-0.25, -0.2) is 4.79 Å². The second-order valence-electron chi connectivity index (χ2n) is 18.9. The number of phenolic OH excluding ortho intramolecular Hbond substituents is 1. The Morgan fingerprint density at radius 3 is 1.90 bits per heavy atom. The van der Waals surface area contributed by atoms with Gasteiger partial charge in [0.1, 0.15) is 40.8 Å². The van der Waals surface area contributed by atoms with Crippen molar-refractivity contribution >= 4 is 46.4 Å². The topological polar surface area (TPSA) is 234 Å². The van der Waals surface area contributed by atoms with Gasteiger partial charge in [0.05, 0.1) is 18.2 Å². The number of carbonyl (C=O) groups excluding carboxylic acids is 5. The predicted octanol–water partition coefficient (Wildman–Crippen LogP) is 6.85. The molecule has 0 radical (unpaired) electrons. The molecule has 1 fully saturated rings. The molecule has 3 aliphatic rings. The van der Waals surface area contributed by atoms with Crippen LogP contribution in [0.3, 0.4) is 0 Å². The van der Waals surface area contributed by atoms with Crippen LogP contribution in [0.15, 0.2) is 124 Å². The number of aryl methyl sites for hydroxylation is 1. The third-order valence-corrected chi connectivity index (χ3v) is 12.3. The minimum atomic E-state index is -1.30. The summed E-state index contributed by atoms with van der Waals surface area (Å²) in [5.74, 6) is -4.23. The van der Waals surface area contributed by atoms with Crippen LogP contribution in [0.5, 0.6) is 5.75 Å². The van der Waals surface area contributed by atoms with E-state index in [1.54, 1.807) is 13.0 Å². The molecule has 2 heterocycles. The van der Waals surface area contributed by atoms with Gasteiger partial charge in [0.2, 0.25) is 17.7 Å². The van der Waals surface area contributed by atoms with E-state index in [0.717, 1.165) is 11.1 Å². The first-order chi connectivity index (χ1) is 33.4. The van der Waals surface area contributed by atoms with E-state index in [0.29, 0.717) is 29.4 Å². The van der Waals surface area contributed by atoms with Crippen molar-refractivity contribution in [3.63, 3.8) is 0 Å². The highest BCUT2D eigenvalue weighted by atomic mass is 16.6. The molecule has 364 valence electrons. The van der Waals surface area contributed by atoms with Gasteiger partial charge in [0.25, 0.3) is 5.91 Å². The van der Waals surface area contributed by atoms with Gasteiger partial charge in [-0.2, -0.15) is 0 Å². The minimum absolute atomic E-state index is 0.00144. The number of aromatic hydroxyl groups is 1. The van der Waals surface area contributed by atoms with Crippen molar-refractivity contribution in [3.05, 3.63) is 148 Å². The Balaban J connectivity index is 1.18. The van der Waals surface area contributed by atoms with Crippen LogP contribution in [-0.4, -0.2) is 82.0 Å². The maximum absolute atomic E-state index is 14.6. The molecule has 0 spiro atoms. The standard InChI is InChI=1S/C55H58N4O11/c1-31(2)24-43(49(62)55(5)30-69-55)57-53(66)45(26-34-14-10-7-11-15-34)59-52(65)44(25-32(3)4)58-51(64)42(23-16-33-12-8-6-9-13-33)56-50(63)35-17-20-38(54(67)68)41(27-35)48-39-21-18-36(60)28-46(39)70-47-29-37(61)19-22-40(47)48/h6-15,17-22,27-29,31-32,42-45,60H,16,23-26,30H2,1-5H3,(H,56,63)(H,57,66)(H,58,64)(H,59,65)(H,67,68)/t42-,43-,44-,45-,55+/m0/s1. The van der Waals surface area contributed by atoms with E-state index >= 15 is 0 Å². The molecule has 1 saturated heterocycles. The van der Waals surface area contributed by atoms with Gasteiger partial charge in [0.15, 0.2) is 11.2 Å². The first-order valence-electron chi connectivity index (χ1n) is 23.4. The van der Waals surface area contributed by atoms with Gasteiger partial charge in [-0.05, 0) is 104 Å². The maximum atomic E-state index is 14.6. The molecule has 0 unspecified atom stereocenters. The Kier molecular flexibility index (Phi) is 15.6. The molecule has 5 atom stereocenters. The third kappa shape index (κ3) is 12.3. The van der Waals surface area contributed by atoms with Gasteiger partial charge in [-0.3, -0.25) is 28.8 Å². The van der Waals surface area contributed by atoms with E-state index in [9.17, 15) is 43.8 Å². The zero-order chi connectivity index (χ0) is 50.3. The molecule has 1 aliphatic carbocycles. The molecule has 15 heteroatoms. The van der Waals surface area contributed by atoms with Crippen molar-refractivity contribution in [3.8, 4) is 28.2 Å². The zero-order valence-electron chi connectivity index (χ0n) is 39.7. The lowest BCUT2D eigenvalue weighted by Crippen LogP contribution is -2.59. The number of fused-ring (bicyclic) bond motifs is 2. The fraction of sp³-hybridized carbons (Fsp3) is 0.327. The number of hydrogen-bond donors (Lipinski definition) is 6. The van der Waals surface area contributed by atoms with Crippen molar-refractivity contribution in [2.75, 3.05) is 6.61 Å². The number of ketones is 1. The molecule has 6 N–H and O–H groups in total. The number of nitrogens with one attached hydrogen (secondary N) is 4. The zero-order valence-corrected chi connectivity index (χ0v) is 39.7. The molecule has 4 aromatic rings. The highest BCUT2D eigenvalue weighted by Crippen LogP contribution is 2.42. The van der Waals surface area contributed by atoms with Crippen molar-refractivity contribution in [1.82, 2.24) is 21.3 Å². The van der Waals surface area contributed by atoms with Gasteiger partial charge in [-0.1, -0.05) is 88.4 Å². The highest BCUT2D eigenvalue weighted by molar-refractivity contribution is 6.09. The number of phenols is 1. The summed E-state index contributed by atoms with van der Waals surface area (Å²) in [4.78, 5) is 96.4. The molecule has 70 heavy (non-hydrogen) atoms. The molecular weight excluding hydrogens is 893 g/mol. The lowest BCUT2D eigenvalue weighted by molar-refractivity contribution is -0.134. The number of benzene rings is 5. The number of aromatic carboxylic acids is 1. The predicted molar refractivity (Wildman–Crippen MR) is 263 cm³/mol. The average Bonchev–Trinajstić information content (AvgIpc) is 4.08. The molecule has 0 aromatic heterocycles. The number of Topliss-reactive ketones (excluding diaryl/α,β-unsaturated/α-hetero) is 1. The van der Waals surface area contributed by atoms with Gasteiger partial charge in [-0.15, -0.1) is 0 Å². The summed E-state index contributed by atoms with van der Waals surface area (Å²) in [7, 11) is 0. The van der Waals surface area contributed by atoms with Crippen LogP contribution in [0, 0.1) is 11.8 Å². The lowest BCUT2D eigenvalue weighted by atomic mass is 9.89. The van der Waals surface area contributed by atoms with Gasteiger partial charge in [0, 0.05) is 40.6 Å². The van der Waals surface area contributed by atoms with E-state index in [-0.39, 0.29) is 82.7 Å².